The highest BCUT2D eigenvalue weighted by Crippen LogP contribution is 2.37. The Morgan fingerprint density at radius 3 is 2.95 bits per heavy atom. The molecule has 2 aliphatic rings. The molecule has 3 rings (SSSR count). The van der Waals surface area contributed by atoms with E-state index in [0.717, 1.165) is 31.1 Å². The number of nitrogens with zero attached hydrogens (tertiary/aromatic N) is 2. The number of carbonyl (C=O) groups excluding carboxylic acids is 1. The van der Waals surface area contributed by atoms with Gasteiger partial charge in [0.15, 0.2) is 9.49 Å². The number of rotatable bonds is 1. The third kappa shape index (κ3) is 2.91. The molecule has 1 saturated heterocycles. The summed E-state index contributed by atoms with van der Waals surface area (Å²) in [5, 5.41) is 0.283. The zero-order valence-corrected chi connectivity index (χ0v) is 13.6. The monoisotopic (exact) mass is 346 g/mol. The van der Waals surface area contributed by atoms with Crippen LogP contribution in [0, 0.1) is 5.92 Å². The van der Waals surface area contributed by atoms with Gasteiger partial charge in [0.2, 0.25) is 0 Å². The second-order valence-electron chi connectivity index (χ2n) is 4.67. The summed E-state index contributed by atoms with van der Waals surface area (Å²) >= 11 is 14.0. The summed E-state index contributed by atoms with van der Waals surface area (Å²) in [4.78, 5) is 18.5. The van der Waals surface area contributed by atoms with Crippen LogP contribution >= 0.6 is 46.3 Å². The summed E-state index contributed by atoms with van der Waals surface area (Å²) in [6.07, 6.45) is 10.5. The van der Waals surface area contributed by atoms with E-state index in [1.54, 1.807) is 0 Å². The van der Waals surface area contributed by atoms with Gasteiger partial charge in [0, 0.05) is 24.2 Å². The minimum Gasteiger partial charge on any atom is -0.326 e. The fourth-order valence-corrected chi connectivity index (χ4v) is 4.91. The summed E-state index contributed by atoms with van der Waals surface area (Å²) in [5.74, 6) is 0.432. The Kier molecular flexibility index (Phi) is 4.40. The molecule has 1 amide bonds. The maximum atomic E-state index is 12.5. The Hall–Kier alpha value is -0.490. The topological polar surface area (TPSA) is 33.2 Å². The number of piperidine rings is 1. The molecule has 1 fully saturated rings. The molecule has 0 N–H and O–H groups in total. The van der Waals surface area contributed by atoms with E-state index in [-0.39, 0.29) is 16.4 Å². The van der Waals surface area contributed by atoms with Gasteiger partial charge in [-0.3, -0.25) is 4.79 Å². The van der Waals surface area contributed by atoms with Crippen LogP contribution in [0.3, 0.4) is 0 Å². The Morgan fingerprint density at radius 1 is 1.40 bits per heavy atom. The van der Waals surface area contributed by atoms with E-state index in [1.165, 1.54) is 11.3 Å². The quantitative estimate of drug-likeness (QED) is 0.680. The predicted octanol–water partition coefficient (Wildman–Crippen LogP) is 4.87. The largest absolute Gasteiger partial charge is 0.326 e. The maximum Gasteiger partial charge on any atom is 0.289 e. The molecule has 2 unspecified atom stereocenters. The molecule has 1 aliphatic carbocycles. The first-order chi connectivity index (χ1) is 9.65. The van der Waals surface area contributed by atoms with Crippen molar-refractivity contribution < 1.29 is 4.79 Å². The van der Waals surface area contributed by atoms with E-state index >= 15 is 0 Å². The second-order valence-corrected chi connectivity index (χ2v) is 7.83. The molecule has 0 radical (unpaired) electrons. The van der Waals surface area contributed by atoms with E-state index in [2.05, 4.69) is 23.2 Å². The van der Waals surface area contributed by atoms with Gasteiger partial charge >= 0.3 is 0 Å². The summed E-state index contributed by atoms with van der Waals surface area (Å²) in [5.41, 5.74) is 0. The van der Waals surface area contributed by atoms with Crippen molar-refractivity contribution in [1.82, 2.24) is 9.88 Å². The highest BCUT2D eigenvalue weighted by Gasteiger charge is 2.32. The van der Waals surface area contributed by atoms with Gasteiger partial charge in [-0.05, 0) is 12.8 Å². The molecule has 3 nitrogen and oxygen atoms in total. The number of halogens is 2. The van der Waals surface area contributed by atoms with Crippen molar-refractivity contribution in [3.05, 3.63) is 33.8 Å². The fraction of sp³-hybridized carbons (Fsp3) is 0.385. The third-order valence-electron chi connectivity index (χ3n) is 3.45. The maximum absolute atomic E-state index is 12.5. The molecular formula is C13H12Cl2N2OS2. The highest BCUT2D eigenvalue weighted by molar-refractivity contribution is 8.14. The number of hydrogen-bond acceptors (Lipinski definition) is 4. The lowest BCUT2D eigenvalue weighted by molar-refractivity contribution is 0.170. The summed E-state index contributed by atoms with van der Waals surface area (Å²) in [7, 11) is 0. The summed E-state index contributed by atoms with van der Waals surface area (Å²) < 4.78 is 1.03. The number of thiazole rings is 1. The van der Waals surface area contributed by atoms with Crippen LogP contribution in [0.2, 0.25) is 9.49 Å². The number of allylic oxidation sites excluding steroid dienone is 2. The van der Waals surface area contributed by atoms with Gasteiger partial charge in [0.1, 0.15) is 4.34 Å². The number of aromatic nitrogens is 1. The van der Waals surface area contributed by atoms with Crippen LogP contribution in [0.1, 0.15) is 12.8 Å². The molecule has 2 atom stereocenters. The van der Waals surface area contributed by atoms with Crippen LogP contribution in [-0.2, 0) is 0 Å². The molecule has 7 heteroatoms. The van der Waals surface area contributed by atoms with E-state index in [1.807, 2.05) is 11.0 Å². The van der Waals surface area contributed by atoms with Crippen molar-refractivity contribution in [2.75, 3.05) is 6.54 Å². The van der Waals surface area contributed by atoms with Gasteiger partial charge in [-0.2, -0.15) is 0 Å². The van der Waals surface area contributed by atoms with Crippen molar-refractivity contribution in [3.8, 4) is 0 Å². The highest BCUT2D eigenvalue weighted by atomic mass is 35.5. The van der Waals surface area contributed by atoms with Crippen LogP contribution in [0.5, 0.6) is 0 Å². The van der Waals surface area contributed by atoms with Gasteiger partial charge in [-0.15, -0.1) is 0 Å². The molecule has 20 heavy (non-hydrogen) atoms. The number of amides is 1. The zero-order valence-electron chi connectivity index (χ0n) is 10.5. The SMILES string of the molecule is O=C(Sc1nc(Cl)c(Cl)s1)N1CCCC2C=CC=CC21. The first kappa shape index (κ1) is 14.4. The van der Waals surface area contributed by atoms with E-state index in [4.69, 9.17) is 23.2 Å². The summed E-state index contributed by atoms with van der Waals surface area (Å²) in [6.45, 7) is 0.790. The Labute approximate surface area is 135 Å². The second kappa shape index (κ2) is 6.10. The number of thioether (sulfide) groups is 1. The first-order valence-electron chi connectivity index (χ1n) is 6.30. The minimum atomic E-state index is 0.0155. The van der Waals surface area contributed by atoms with E-state index in [9.17, 15) is 4.79 Å². The fourth-order valence-electron chi connectivity index (χ4n) is 2.55. The van der Waals surface area contributed by atoms with Crippen LogP contribution in [-0.4, -0.2) is 27.7 Å². The molecule has 1 aliphatic heterocycles. The van der Waals surface area contributed by atoms with Crippen LogP contribution in [0.4, 0.5) is 4.79 Å². The summed E-state index contributed by atoms with van der Waals surface area (Å²) in [6, 6.07) is 0.166. The Balaban J connectivity index is 1.73. The minimum absolute atomic E-state index is 0.0155. The molecule has 1 aromatic heterocycles. The number of hydrogen-bond donors (Lipinski definition) is 0. The van der Waals surface area contributed by atoms with Crippen molar-refractivity contribution in [1.29, 1.82) is 0 Å². The van der Waals surface area contributed by atoms with Crippen LogP contribution < -0.4 is 0 Å². The van der Waals surface area contributed by atoms with E-state index in [0.29, 0.717) is 14.6 Å². The molecule has 0 saturated carbocycles. The number of likely N-dealkylation sites (tertiary alicyclic amines) is 1. The van der Waals surface area contributed by atoms with Crippen molar-refractivity contribution >= 4 is 51.5 Å². The van der Waals surface area contributed by atoms with Gasteiger partial charge in [0.05, 0.1) is 6.04 Å². The van der Waals surface area contributed by atoms with Crippen LogP contribution in [0.15, 0.2) is 28.6 Å². The van der Waals surface area contributed by atoms with Crippen molar-refractivity contribution in [3.63, 3.8) is 0 Å². The molecule has 2 heterocycles. The van der Waals surface area contributed by atoms with Gasteiger partial charge < -0.3 is 4.90 Å². The lowest BCUT2D eigenvalue weighted by atomic mass is 9.86. The van der Waals surface area contributed by atoms with E-state index < -0.39 is 0 Å². The average Bonchev–Trinajstić information content (AvgIpc) is 2.76. The van der Waals surface area contributed by atoms with Crippen LogP contribution in [0.25, 0.3) is 0 Å². The van der Waals surface area contributed by atoms with Gasteiger partial charge in [0.25, 0.3) is 5.24 Å². The number of fused-ring (bicyclic) bond motifs is 1. The lowest BCUT2D eigenvalue weighted by Crippen LogP contribution is -2.45. The average molecular weight is 347 g/mol. The lowest BCUT2D eigenvalue weighted by Gasteiger charge is -2.39. The number of carbonyl (C=O) groups is 1. The first-order valence-corrected chi connectivity index (χ1v) is 8.69. The van der Waals surface area contributed by atoms with Gasteiger partial charge in [-0.1, -0.05) is 58.8 Å². The third-order valence-corrected chi connectivity index (χ3v) is 6.16. The predicted molar refractivity (Wildman–Crippen MR) is 84.9 cm³/mol. The molecule has 0 aromatic carbocycles. The van der Waals surface area contributed by atoms with Crippen molar-refractivity contribution in [2.24, 2.45) is 5.92 Å². The molecule has 1 aromatic rings. The zero-order chi connectivity index (χ0) is 14.1. The smallest absolute Gasteiger partial charge is 0.289 e. The molecule has 0 bridgehead atoms. The molecule has 106 valence electrons. The Bertz CT molecular complexity index is 565. The molecule has 0 spiro atoms. The Morgan fingerprint density at radius 2 is 2.20 bits per heavy atom. The van der Waals surface area contributed by atoms with Gasteiger partial charge in [-0.25, -0.2) is 4.98 Å². The normalized spacial score (nSPS) is 24.8. The van der Waals surface area contributed by atoms with Crippen molar-refractivity contribution in [2.45, 2.75) is 23.2 Å². The standard InChI is InChI=1S/C13H12Cl2N2OS2/c14-10-11(15)19-12(16-10)20-13(18)17-7-3-5-8-4-1-2-6-9(8)17/h1-2,4,6,8-9H,3,5,7H2. The molecular weight excluding hydrogens is 335 g/mol.